The predicted octanol–water partition coefficient (Wildman–Crippen LogP) is 1.61. The quantitative estimate of drug-likeness (QED) is 0.184. The highest BCUT2D eigenvalue weighted by Gasteiger charge is 2.27. The lowest BCUT2D eigenvalue weighted by atomic mass is 10.0. The first kappa shape index (κ1) is 37.1. The molecule has 11 nitrogen and oxygen atoms in total. The number of amides is 3. The molecule has 0 aliphatic carbocycles. The minimum atomic E-state index is -0.561. The number of carbonyl (C=O) groups excluding carboxylic acids is 6. The van der Waals surface area contributed by atoms with Gasteiger partial charge >= 0.3 is 0 Å². The molecule has 1 aromatic carbocycles. The number of rotatable bonds is 10. The Morgan fingerprint density at radius 3 is 2.00 bits per heavy atom. The molecule has 0 bridgehead atoms. The monoisotopic (exact) mass is 510 g/mol. The van der Waals surface area contributed by atoms with Crippen molar-refractivity contribution in [3.05, 3.63) is 34.9 Å². The number of hydrazine groups is 1. The van der Waals surface area contributed by atoms with Gasteiger partial charge in [0, 0.05) is 37.7 Å². The number of aliphatic hydroxyl groups is 1. The number of nitrogens with two attached hydrogens (primary N) is 2. The Morgan fingerprint density at radius 1 is 1.06 bits per heavy atom. The van der Waals surface area contributed by atoms with Crippen molar-refractivity contribution in [2.45, 2.75) is 59.9 Å². The Kier molecular flexibility index (Phi) is 22.7. The fourth-order valence-electron chi connectivity index (χ4n) is 2.76. The van der Waals surface area contributed by atoms with Crippen LogP contribution in [0.2, 0.25) is 0 Å². The van der Waals surface area contributed by atoms with Crippen LogP contribution in [0.15, 0.2) is 18.2 Å². The molecule has 0 aromatic heterocycles. The third-order valence-corrected chi connectivity index (χ3v) is 4.55. The zero-order valence-corrected chi connectivity index (χ0v) is 22.4. The first-order valence-corrected chi connectivity index (χ1v) is 11.6. The maximum absolute atomic E-state index is 13.1. The fraction of sp³-hybridized carbons (Fsp3) is 0.520. The van der Waals surface area contributed by atoms with E-state index in [0.29, 0.717) is 37.4 Å². The second-order valence-corrected chi connectivity index (χ2v) is 7.35. The molecule has 0 saturated heterocycles. The summed E-state index contributed by atoms with van der Waals surface area (Å²) in [5.74, 6) is -1.40. The summed E-state index contributed by atoms with van der Waals surface area (Å²) in [6.07, 6.45) is 3.12. The van der Waals surface area contributed by atoms with E-state index in [9.17, 15) is 24.0 Å². The first-order valence-electron chi connectivity index (χ1n) is 11.6. The van der Waals surface area contributed by atoms with Crippen molar-refractivity contribution in [3.8, 4) is 0 Å². The highest BCUT2D eigenvalue weighted by atomic mass is 16.2. The molecule has 3 amide bonds. The number of Topliss-reactive ketones (excluding diaryl/α,β-unsaturated/α-hetero) is 1. The minimum Gasteiger partial charge on any atom is -0.400 e. The predicted molar refractivity (Wildman–Crippen MR) is 138 cm³/mol. The Labute approximate surface area is 213 Å². The number of unbranched alkanes of at least 4 members (excludes halogenated alkanes) is 1. The van der Waals surface area contributed by atoms with Gasteiger partial charge in [-0.1, -0.05) is 39.8 Å². The van der Waals surface area contributed by atoms with Gasteiger partial charge in [-0.25, -0.2) is 0 Å². The summed E-state index contributed by atoms with van der Waals surface area (Å²) in [4.78, 5) is 68.0. The van der Waals surface area contributed by atoms with Crippen LogP contribution in [0.3, 0.4) is 0 Å². The third kappa shape index (κ3) is 13.4. The number of carbonyl (C=O) groups is 6. The molecule has 204 valence electrons. The minimum absolute atomic E-state index is 0.0553. The Bertz CT molecular complexity index is 829. The van der Waals surface area contributed by atoms with Crippen molar-refractivity contribution in [2.24, 2.45) is 17.4 Å². The number of aldehydes is 2. The zero-order chi connectivity index (χ0) is 28.8. The molecule has 0 aliphatic rings. The molecule has 11 heteroatoms. The molecule has 5 N–H and O–H groups in total. The SMILES string of the molecule is CC.CC(=O)c1ccc(C=O)c(C(=O)N(C)N(CCCCC(N)C=O)C(=O)C(C)C)c1.CO.NC=O. The number of hydrogen-bond donors (Lipinski definition) is 3. The maximum atomic E-state index is 13.1. The van der Waals surface area contributed by atoms with Gasteiger partial charge in [0.1, 0.15) is 6.29 Å². The smallest absolute Gasteiger partial charge is 0.272 e. The second kappa shape index (κ2) is 22.1. The molecular formula is C25H42N4O7. The van der Waals surface area contributed by atoms with Gasteiger partial charge in [-0.05, 0) is 32.3 Å². The topological polar surface area (TPSA) is 181 Å². The average molecular weight is 511 g/mol. The molecule has 1 atom stereocenters. The molecular weight excluding hydrogens is 468 g/mol. The molecule has 0 fully saturated rings. The van der Waals surface area contributed by atoms with Gasteiger partial charge in [-0.3, -0.25) is 34.0 Å². The second-order valence-electron chi connectivity index (χ2n) is 7.35. The van der Waals surface area contributed by atoms with Crippen LogP contribution < -0.4 is 11.5 Å². The standard InChI is InChI=1S/C21H29N3O5.C2H6.CH3NO.CH4O/c1-14(2)20(28)24(10-6-5-7-18(22)13-26)23(4)21(29)19-11-16(15(3)27)8-9-17(19)12-25;1-2;2-1-3;1-2/h8-9,11-14,18H,5-7,10,22H2,1-4H3;1-2H3;1H,(H2,2,3);2H,1H3. The highest BCUT2D eigenvalue weighted by Crippen LogP contribution is 2.17. The largest absolute Gasteiger partial charge is 0.400 e. The fourth-order valence-corrected chi connectivity index (χ4v) is 2.76. The van der Waals surface area contributed by atoms with E-state index < -0.39 is 11.9 Å². The van der Waals surface area contributed by atoms with Crippen LogP contribution in [0.1, 0.15) is 85.0 Å². The molecule has 1 aromatic rings. The van der Waals surface area contributed by atoms with Crippen LogP contribution >= 0.6 is 0 Å². The maximum Gasteiger partial charge on any atom is 0.272 e. The van der Waals surface area contributed by atoms with E-state index in [1.807, 2.05) is 13.8 Å². The van der Waals surface area contributed by atoms with Gasteiger partial charge in [0.05, 0.1) is 11.6 Å². The van der Waals surface area contributed by atoms with Crippen molar-refractivity contribution in [3.63, 3.8) is 0 Å². The number of benzene rings is 1. The van der Waals surface area contributed by atoms with Crippen LogP contribution in [-0.4, -0.2) is 78.4 Å². The summed E-state index contributed by atoms with van der Waals surface area (Å²) in [7, 11) is 2.45. The molecule has 0 heterocycles. The van der Waals surface area contributed by atoms with Gasteiger partial charge in [0.25, 0.3) is 5.91 Å². The lowest BCUT2D eigenvalue weighted by molar-refractivity contribution is -0.146. The number of hydrogen-bond acceptors (Lipinski definition) is 8. The number of aliphatic hydroxyl groups excluding tert-OH is 1. The van der Waals surface area contributed by atoms with Crippen molar-refractivity contribution in [1.82, 2.24) is 10.0 Å². The lowest BCUT2D eigenvalue weighted by Crippen LogP contribution is -2.49. The van der Waals surface area contributed by atoms with Crippen molar-refractivity contribution < 1.29 is 33.9 Å². The van der Waals surface area contributed by atoms with Crippen molar-refractivity contribution >= 4 is 36.6 Å². The van der Waals surface area contributed by atoms with Crippen molar-refractivity contribution in [2.75, 3.05) is 20.7 Å². The van der Waals surface area contributed by atoms with Crippen LogP contribution in [0.4, 0.5) is 0 Å². The zero-order valence-electron chi connectivity index (χ0n) is 22.4. The molecule has 1 rings (SSSR count). The van der Waals surface area contributed by atoms with Crippen LogP contribution in [0.25, 0.3) is 0 Å². The third-order valence-electron chi connectivity index (χ3n) is 4.55. The number of nitrogens with zero attached hydrogens (tertiary/aromatic N) is 2. The normalized spacial score (nSPS) is 10.1. The van der Waals surface area contributed by atoms with Gasteiger partial charge in [-0.15, -0.1) is 0 Å². The molecule has 0 spiro atoms. The Balaban J connectivity index is -0.00000141. The first-order chi connectivity index (χ1) is 17.0. The van der Waals surface area contributed by atoms with E-state index in [1.54, 1.807) is 13.8 Å². The van der Waals surface area contributed by atoms with E-state index >= 15 is 0 Å². The summed E-state index contributed by atoms with van der Waals surface area (Å²) in [6, 6.07) is 3.72. The van der Waals surface area contributed by atoms with Crippen LogP contribution in [0, 0.1) is 5.92 Å². The van der Waals surface area contributed by atoms with Crippen molar-refractivity contribution in [1.29, 1.82) is 0 Å². The Hall–Kier alpha value is -3.44. The van der Waals surface area contributed by atoms with Gasteiger partial charge in [0.15, 0.2) is 12.1 Å². The van der Waals surface area contributed by atoms with Gasteiger partial charge in [-0.2, -0.15) is 0 Å². The molecule has 0 radical (unpaired) electrons. The number of ketones is 1. The van der Waals surface area contributed by atoms with E-state index in [0.717, 1.165) is 7.11 Å². The van der Waals surface area contributed by atoms with Gasteiger partial charge in [0.2, 0.25) is 12.3 Å². The van der Waals surface area contributed by atoms with E-state index in [2.05, 4.69) is 5.73 Å². The summed E-state index contributed by atoms with van der Waals surface area (Å²) in [5, 5.41) is 9.50. The van der Waals surface area contributed by atoms with E-state index in [-0.39, 0.29) is 41.7 Å². The molecule has 0 saturated carbocycles. The average Bonchev–Trinajstić information content (AvgIpc) is 2.89. The summed E-state index contributed by atoms with van der Waals surface area (Å²) < 4.78 is 0. The van der Waals surface area contributed by atoms with Crippen LogP contribution in [-0.2, 0) is 14.4 Å². The summed E-state index contributed by atoms with van der Waals surface area (Å²) >= 11 is 0. The van der Waals surface area contributed by atoms with E-state index in [4.69, 9.17) is 15.6 Å². The van der Waals surface area contributed by atoms with E-state index in [1.165, 1.54) is 42.2 Å². The molecule has 1 unspecified atom stereocenters. The summed E-state index contributed by atoms with van der Waals surface area (Å²) in [6.45, 7) is 9.08. The molecule has 0 aliphatic heterocycles. The number of primary amides is 1. The highest BCUT2D eigenvalue weighted by molar-refractivity contribution is 6.05. The van der Waals surface area contributed by atoms with Crippen LogP contribution in [0.5, 0.6) is 0 Å². The molecule has 36 heavy (non-hydrogen) atoms. The lowest BCUT2D eigenvalue weighted by Gasteiger charge is -2.33. The summed E-state index contributed by atoms with van der Waals surface area (Å²) in [5.41, 5.74) is 10.2. The Morgan fingerprint density at radius 2 is 1.58 bits per heavy atom. The van der Waals surface area contributed by atoms with Gasteiger partial charge < -0.3 is 21.4 Å².